The summed E-state index contributed by atoms with van der Waals surface area (Å²) in [7, 11) is 0. The van der Waals surface area contributed by atoms with Crippen LogP contribution in [-0.4, -0.2) is 60.9 Å². The Morgan fingerprint density at radius 1 is 0.833 bits per heavy atom. The molecule has 8 heteroatoms. The molecule has 0 aliphatic carbocycles. The van der Waals surface area contributed by atoms with E-state index < -0.39 is 11.9 Å². The maximum Gasteiger partial charge on any atom is 0.343 e. The van der Waals surface area contributed by atoms with Gasteiger partial charge in [-0.2, -0.15) is 0 Å². The lowest BCUT2D eigenvalue weighted by Crippen LogP contribution is -2.11. The van der Waals surface area contributed by atoms with Gasteiger partial charge in [0.05, 0.1) is 26.3 Å². The summed E-state index contributed by atoms with van der Waals surface area (Å²) in [6.45, 7) is 6.85. The number of ether oxygens (including phenoxy) is 2. The van der Waals surface area contributed by atoms with Gasteiger partial charge < -0.3 is 19.7 Å². The molecule has 0 saturated heterocycles. The minimum absolute atomic E-state index is 0.0286. The summed E-state index contributed by atoms with van der Waals surface area (Å²) in [6.07, 6.45) is 2.42. The number of nitrogens with zero attached hydrogens (tertiary/aromatic N) is 2. The molecule has 0 aromatic carbocycles. The molecular weight excluding hydrogens is 316 g/mol. The van der Waals surface area contributed by atoms with E-state index in [2.05, 4.69) is 9.98 Å². The molecule has 0 bridgehead atoms. The van der Waals surface area contributed by atoms with Crippen molar-refractivity contribution in [2.24, 2.45) is 9.98 Å². The second-order valence-corrected chi connectivity index (χ2v) is 4.51. The lowest BCUT2D eigenvalue weighted by atomic mass is 10.2. The van der Waals surface area contributed by atoms with Crippen molar-refractivity contribution in [3.05, 3.63) is 22.7 Å². The lowest BCUT2D eigenvalue weighted by Gasteiger charge is -2.03. The molecular formula is C16H24N2O6. The average molecular weight is 340 g/mol. The van der Waals surface area contributed by atoms with Gasteiger partial charge in [0.1, 0.15) is 22.7 Å². The van der Waals surface area contributed by atoms with Crippen LogP contribution in [0.2, 0.25) is 0 Å². The molecule has 0 spiro atoms. The van der Waals surface area contributed by atoms with Gasteiger partial charge in [-0.05, 0) is 27.7 Å². The number of aliphatic hydroxyl groups is 2. The van der Waals surface area contributed by atoms with Gasteiger partial charge in [-0.15, -0.1) is 0 Å². The van der Waals surface area contributed by atoms with Crippen LogP contribution in [0.25, 0.3) is 0 Å². The zero-order valence-electron chi connectivity index (χ0n) is 14.4. The Hall–Kier alpha value is -2.64. The monoisotopic (exact) mass is 340 g/mol. The first-order valence-electron chi connectivity index (χ1n) is 7.48. The summed E-state index contributed by atoms with van der Waals surface area (Å²) < 4.78 is 9.58. The molecule has 134 valence electrons. The minimum atomic E-state index is -0.659. The van der Waals surface area contributed by atoms with Gasteiger partial charge in [-0.3, -0.25) is 9.98 Å². The average Bonchev–Trinajstić information content (AvgIpc) is 2.49. The van der Waals surface area contributed by atoms with Gasteiger partial charge >= 0.3 is 11.9 Å². The van der Waals surface area contributed by atoms with Crippen LogP contribution >= 0.6 is 0 Å². The summed E-state index contributed by atoms with van der Waals surface area (Å²) >= 11 is 0. The van der Waals surface area contributed by atoms with E-state index in [1.807, 2.05) is 0 Å². The number of carbonyl (C=O) groups excluding carboxylic acids is 2. The third-order valence-electron chi connectivity index (χ3n) is 2.57. The first-order valence-corrected chi connectivity index (χ1v) is 7.48. The standard InChI is InChI=1S/C16H24N2O6/c1-5-23-15(21)13(11(3)19)9-17-7-8-18-10-14(12(4)20)16(22)24-6-2/h9-10,19-20H,5-8H2,1-4H3/b13-11+,14-12+,17-9?,18-10?. The summed E-state index contributed by atoms with van der Waals surface area (Å²) in [5.74, 6) is -1.70. The molecule has 0 heterocycles. The Kier molecular flexibility index (Phi) is 10.6. The highest BCUT2D eigenvalue weighted by Gasteiger charge is 2.12. The zero-order valence-corrected chi connectivity index (χ0v) is 14.4. The van der Waals surface area contributed by atoms with E-state index in [1.165, 1.54) is 26.3 Å². The quantitative estimate of drug-likeness (QED) is 0.218. The largest absolute Gasteiger partial charge is 0.512 e. The third kappa shape index (κ3) is 8.11. The molecule has 0 radical (unpaired) electrons. The van der Waals surface area contributed by atoms with E-state index in [-0.39, 0.29) is 49.0 Å². The highest BCUT2D eigenvalue weighted by molar-refractivity contribution is 6.10. The topological polar surface area (TPSA) is 118 Å². The summed E-state index contributed by atoms with van der Waals surface area (Å²) in [5, 5.41) is 18.9. The van der Waals surface area contributed by atoms with Crippen LogP contribution in [0.3, 0.4) is 0 Å². The Morgan fingerprint density at radius 2 is 1.17 bits per heavy atom. The van der Waals surface area contributed by atoms with Crippen molar-refractivity contribution < 1.29 is 29.3 Å². The van der Waals surface area contributed by atoms with Crippen LogP contribution in [0.5, 0.6) is 0 Å². The van der Waals surface area contributed by atoms with Crippen LogP contribution < -0.4 is 0 Å². The van der Waals surface area contributed by atoms with Crippen molar-refractivity contribution in [3.8, 4) is 0 Å². The van der Waals surface area contributed by atoms with Crippen molar-refractivity contribution in [2.75, 3.05) is 26.3 Å². The molecule has 0 aromatic heterocycles. The van der Waals surface area contributed by atoms with Gasteiger partial charge in [-0.25, -0.2) is 9.59 Å². The molecule has 0 saturated carbocycles. The van der Waals surface area contributed by atoms with Crippen LogP contribution in [0.4, 0.5) is 0 Å². The Bertz CT molecular complexity index is 503. The number of esters is 2. The predicted octanol–water partition coefficient (Wildman–Crippen LogP) is 1.92. The predicted molar refractivity (Wildman–Crippen MR) is 90.6 cm³/mol. The molecule has 2 N–H and O–H groups in total. The van der Waals surface area contributed by atoms with Crippen LogP contribution in [0.15, 0.2) is 32.6 Å². The molecule has 0 aromatic rings. The molecule has 0 atom stereocenters. The number of aliphatic hydroxyl groups excluding tert-OH is 2. The smallest absolute Gasteiger partial charge is 0.343 e. The molecule has 0 unspecified atom stereocenters. The maximum atomic E-state index is 11.6. The van der Waals surface area contributed by atoms with Gasteiger partial charge in [0.25, 0.3) is 0 Å². The number of hydrogen-bond acceptors (Lipinski definition) is 8. The third-order valence-corrected chi connectivity index (χ3v) is 2.57. The fraction of sp³-hybridized carbons (Fsp3) is 0.500. The fourth-order valence-corrected chi connectivity index (χ4v) is 1.43. The van der Waals surface area contributed by atoms with Gasteiger partial charge in [-0.1, -0.05) is 0 Å². The number of aliphatic imine (C=N–C) groups is 2. The van der Waals surface area contributed by atoms with Gasteiger partial charge in [0, 0.05) is 12.4 Å². The maximum absolute atomic E-state index is 11.6. The Balaban J connectivity index is 4.65. The highest BCUT2D eigenvalue weighted by atomic mass is 16.5. The van der Waals surface area contributed by atoms with Crippen LogP contribution in [-0.2, 0) is 19.1 Å². The van der Waals surface area contributed by atoms with Crippen molar-refractivity contribution in [2.45, 2.75) is 27.7 Å². The van der Waals surface area contributed by atoms with Crippen molar-refractivity contribution >= 4 is 24.4 Å². The number of allylic oxidation sites excluding steroid dienone is 2. The highest BCUT2D eigenvalue weighted by Crippen LogP contribution is 2.02. The van der Waals surface area contributed by atoms with E-state index in [9.17, 15) is 19.8 Å². The molecule has 8 nitrogen and oxygen atoms in total. The SMILES string of the molecule is CCOC(=O)/C(C=NCCN=C/C(C(=O)OCC)=C(/C)O)=C(\C)O. The second kappa shape index (κ2) is 11.9. The van der Waals surface area contributed by atoms with E-state index in [1.54, 1.807) is 13.8 Å². The van der Waals surface area contributed by atoms with Crippen LogP contribution in [0, 0.1) is 0 Å². The van der Waals surface area contributed by atoms with Gasteiger partial charge in [0.2, 0.25) is 0 Å². The lowest BCUT2D eigenvalue weighted by molar-refractivity contribution is -0.139. The number of hydrogen-bond donors (Lipinski definition) is 2. The van der Waals surface area contributed by atoms with Crippen molar-refractivity contribution in [1.29, 1.82) is 0 Å². The normalized spacial score (nSPS) is 13.7. The first kappa shape index (κ1) is 21.4. The summed E-state index contributed by atoms with van der Waals surface area (Å²) in [4.78, 5) is 31.1. The zero-order chi connectivity index (χ0) is 18.5. The van der Waals surface area contributed by atoms with E-state index in [4.69, 9.17) is 9.47 Å². The fourth-order valence-electron chi connectivity index (χ4n) is 1.43. The number of rotatable bonds is 9. The number of carbonyl (C=O) groups is 2. The first-order chi connectivity index (χ1) is 11.3. The molecule has 0 aliphatic heterocycles. The van der Waals surface area contributed by atoms with Crippen molar-refractivity contribution in [1.82, 2.24) is 0 Å². The Morgan fingerprint density at radius 3 is 1.42 bits per heavy atom. The minimum Gasteiger partial charge on any atom is -0.512 e. The molecule has 0 amide bonds. The van der Waals surface area contributed by atoms with Crippen molar-refractivity contribution in [3.63, 3.8) is 0 Å². The molecule has 0 rings (SSSR count). The van der Waals surface area contributed by atoms with Gasteiger partial charge in [0.15, 0.2) is 0 Å². The second-order valence-electron chi connectivity index (χ2n) is 4.51. The summed E-state index contributed by atoms with van der Waals surface area (Å²) in [6, 6.07) is 0. The van der Waals surface area contributed by atoms with E-state index in [0.29, 0.717) is 0 Å². The van der Waals surface area contributed by atoms with E-state index >= 15 is 0 Å². The molecule has 0 aliphatic rings. The van der Waals surface area contributed by atoms with Crippen LogP contribution in [0.1, 0.15) is 27.7 Å². The Labute approximate surface area is 141 Å². The van der Waals surface area contributed by atoms with E-state index in [0.717, 1.165) is 0 Å². The molecule has 24 heavy (non-hydrogen) atoms. The summed E-state index contributed by atoms with van der Waals surface area (Å²) in [5.41, 5.74) is -0.0571. The molecule has 0 fully saturated rings.